The monoisotopic (exact) mass is 382 g/mol. The Morgan fingerprint density at radius 3 is 2.44 bits per heavy atom. The summed E-state index contributed by atoms with van der Waals surface area (Å²) in [4.78, 5) is 12.2. The smallest absolute Gasteiger partial charge is 0.196 e. The molecule has 1 aromatic heterocycles. The molecule has 2 aromatic rings. The molecule has 1 nitrogen and oxygen atoms in total. The molecule has 0 amide bonds. The fraction of sp³-hybridized carbons (Fsp3) is 0. The van der Waals surface area contributed by atoms with E-state index in [0.29, 0.717) is 19.8 Å². The van der Waals surface area contributed by atoms with Crippen LogP contribution >= 0.6 is 57.1 Å². The van der Waals surface area contributed by atoms with E-state index in [4.69, 9.17) is 23.2 Å². The van der Waals surface area contributed by atoms with E-state index in [2.05, 4.69) is 22.6 Å². The third-order valence-electron chi connectivity index (χ3n) is 2.02. The first-order valence-electron chi connectivity index (χ1n) is 4.33. The van der Waals surface area contributed by atoms with Crippen LogP contribution in [0.3, 0.4) is 0 Å². The highest BCUT2D eigenvalue weighted by Gasteiger charge is 2.17. The van der Waals surface area contributed by atoms with Gasteiger partial charge in [-0.05, 0) is 40.8 Å². The molecule has 82 valence electrons. The number of hydrogen-bond acceptors (Lipinski definition) is 2. The van der Waals surface area contributed by atoms with Crippen LogP contribution in [-0.4, -0.2) is 5.78 Å². The summed E-state index contributed by atoms with van der Waals surface area (Å²) in [6, 6.07) is 9.00. The van der Waals surface area contributed by atoms with E-state index in [1.165, 1.54) is 11.3 Å². The van der Waals surface area contributed by atoms with Gasteiger partial charge < -0.3 is 0 Å². The van der Waals surface area contributed by atoms with Gasteiger partial charge in [-0.1, -0.05) is 35.3 Å². The molecule has 2 rings (SSSR count). The molecule has 1 heterocycles. The lowest BCUT2D eigenvalue weighted by molar-refractivity contribution is 0.103. The molecule has 0 aliphatic carbocycles. The van der Waals surface area contributed by atoms with E-state index in [1.807, 2.05) is 18.2 Å². The van der Waals surface area contributed by atoms with Crippen molar-refractivity contribution < 1.29 is 4.79 Å². The van der Waals surface area contributed by atoms with Crippen molar-refractivity contribution in [1.82, 2.24) is 0 Å². The van der Waals surface area contributed by atoms with Crippen molar-refractivity contribution in [3.8, 4) is 0 Å². The number of carbonyl (C=O) groups excluding carboxylic acids is 1. The highest BCUT2D eigenvalue weighted by molar-refractivity contribution is 14.1. The van der Waals surface area contributed by atoms with Gasteiger partial charge in [0, 0.05) is 9.13 Å². The van der Waals surface area contributed by atoms with Crippen LogP contribution in [-0.2, 0) is 0 Å². The second-order valence-electron chi connectivity index (χ2n) is 3.05. The Balaban J connectivity index is 2.47. The second kappa shape index (κ2) is 5.04. The Kier molecular flexibility index (Phi) is 3.89. The van der Waals surface area contributed by atoms with Crippen molar-refractivity contribution in [3.05, 3.63) is 53.7 Å². The third-order valence-corrected chi connectivity index (χ3v) is 4.45. The summed E-state index contributed by atoms with van der Waals surface area (Å²) in [6.45, 7) is 0. The maximum atomic E-state index is 12.2. The van der Waals surface area contributed by atoms with Gasteiger partial charge in [0.05, 0.1) is 9.90 Å². The summed E-state index contributed by atoms with van der Waals surface area (Å²) in [5.41, 5.74) is 1.13. The Morgan fingerprint density at radius 2 is 1.88 bits per heavy atom. The maximum Gasteiger partial charge on any atom is 0.196 e. The number of halogens is 3. The van der Waals surface area contributed by atoms with Crippen LogP contribution in [0.15, 0.2) is 30.3 Å². The number of carbonyl (C=O) groups is 1. The van der Waals surface area contributed by atoms with Gasteiger partial charge in [-0.2, -0.15) is 0 Å². The normalized spacial score (nSPS) is 10.4. The molecular weight excluding hydrogens is 378 g/mol. The van der Waals surface area contributed by atoms with Crippen LogP contribution in [0.25, 0.3) is 0 Å². The summed E-state index contributed by atoms with van der Waals surface area (Å²) < 4.78 is 1.87. The maximum absolute atomic E-state index is 12.2. The van der Waals surface area contributed by atoms with Crippen LogP contribution in [0.2, 0.25) is 8.67 Å². The summed E-state index contributed by atoms with van der Waals surface area (Å²) in [5.74, 6) is -0.0850. The summed E-state index contributed by atoms with van der Waals surface area (Å²) in [6.07, 6.45) is 0. The molecule has 0 aliphatic heterocycles. The first kappa shape index (κ1) is 12.4. The average Bonchev–Trinajstić information content (AvgIpc) is 2.58. The molecule has 0 aliphatic rings. The van der Waals surface area contributed by atoms with E-state index in [9.17, 15) is 4.79 Å². The molecule has 0 atom stereocenters. The number of hydrogen-bond donors (Lipinski definition) is 0. The Bertz CT molecular complexity index is 551. The van der Waals surface area contributed by atoms with E-state index in [-0.39, 0.29) is 5.78 Å². The molecular formula is C11H5Cl2IOS. The largest absolute Gasteiger partial charge is 0.288 e. The van der Waals surface area contributed by atoms with Crippen LogP contribution in [0.4, 0.5) is 0 Å². The number of thiophene rings is 1. The quantitative estimate of drug-likeness (QED) is 0.533. The van der Waals surface area contributed by atoms with Crippen LogP contribution in [0.5, 0.6) is 0 Å². The summed E-state index contributed by atoms with van der Waals surface area (Å²) in [5, 5.41) is 0. The van der Waals surface area contributed by atoms with Gasteiger partial charge in [-0.3, -0.25) is 4.79 Å². The third kappa shape index (κ3) is 2.42. The van der Waals surface area contributed by atoms with Crippen molar-refractivity contribution >= 4 is 62.9 Å². The molecule has 0 N–H and O–H groups in total. The van der Waals surface area contributed by atoms with Crippen molar-refractivity contribution in [2.45, 2.75) is 0 Å². The second-order valence-corrected chi connectivity index (χ2v) is 6.49. The molecule has 0 spiro atoms. The van der Waals surface area contributed by atoms with Crippen molar-refractivity contribution in [3.63, 3.8) is 0 Å². The van der Waals surface area contributed by atoms with Crippen molar-refractivity contribution in [2.24, 2.45) is 0 Å². The molecule has 0 radical (unpaired) electrons. The summed E-state index contributed by atoms with van der Waals surface area (Å²) in [7, 11) is 0. The Labute approximate surface area is 121 Å². The molecule has 0 bridgehead atoms. The zero-order valence-corrected chi connectivity index (χ0v) is 12.3. The minimum atomic E-state index is -0.0850. The highest BCUT2D eigenvalue weighted by Crippen LogP contribution is 2.33. The predicted molar refractivity (Wildman–Crippen MR) is 76.9 cm³/mol. The molecule has 0 saturated heterocycles. The molecule has 16 heavy (non-hydrogen) atoms. The fourth-order valence-electron chi connectivity index (χ4n) is 1.29. The van der Waals surface area contributed by atoms with E-state index >= 15 is 0 Å². The minimum Gasteiger partial charge on any atom is -0.288 e. The molecule has 0 saturated carbocycles. The van der Waals surface area contributed by atoms with Gasteiger partial charge in [0.1, 0.15) is 4.34 Å². The zero-order valence-electron chi connectivity index (χ0n) is 7.84. The molecule has 1 aromatic carbocycles. The average molecular weight is 383 g/mol. The standard InChI is InChI=1S/C11H5Cl2IOS/c12-9-5-7(11(13)16-9)10(15)6-3-1-2-4-8(6)14/h1-5H. The van der Waals surface area contributed by atoms with Crippen molar-refractivity contribution in [2.75, 3.05) is 0 Å². The Morgan fingerprint density at radius 1 is 1.19 bits per heavy atom. The fourth-order valence-corrected chi connectivity index (χ4v) is 3.38. The zero-order chi connectivity index (χ0) is 11.7. The minimum absolute atomic E-state index is 0.0850. The van der Waals surface area contributed by atoms with Crippen LogP contribution in [0, 0.1) is 3.57 Å². The lowest BCUT2D eigenvalue weighted by Crippen LogP contribution is -2.02. The lowest BCUT2D eigenvalue weighted by atomic mass is 10.1. The first-order chi connectivity index (χ1) is 7.59. The Hall–Kier alpha value is -0.100. The predicted octanol–water partition coefficient (Wildman–Crippen LogP) is 4.89. The SMILES string of the molecule is O=C(c1ccccc1I)c1cc(Cl)sc1Cl. The lowest BCUT2D eigenvalue weighted by Gasteiger charge is -2.01. The van der Waals surface area contributed by atoms with Gasteiger partial charge >= 0.3 is 0 Å². The summed E-state index contributed by atoms with van der Waals surface area (Å²) >= 11 is 15.1. The van der Waals surface area contributed by atoms with Crippen molar-refractivity contribution in [1.29, 1.82) is 0 Å². The number of rotatable bonds is 2. The topological polar surface area (TPSA) is 17.1 Å². The number of benzene rings is 1. The van der Waals surface area contributed by atoms with Gasteiger partial charge in [-0.15, -0.1) is 11.3 Å². The van der Waals surface area contributed by atoms with Gasteiger partial charge in [0.25, 0.3) is 0 Å². The molecule has 0 fully saturated rings. The molecule has 5 heteroatoms. The van der Waals surface area contributed by atoms with E-state index < -0.39 is 0 Å². The van der Waals surface area contributed by atoms with Gasteiger partial charge in [0.15, 0.2) is 5.78 Å². The highest BCUT2D eigenvalue weighted by atomic mass is 127. The first-order valence-corrected chi connectivity index (χ1v) is 6.99. The van der Waals surface area contributed by atoms with Crippen LogP contribution < -0.4 is 0 Å². The van der Waals surface area contributed by atoms with Crippen LogP contribution in [0.1, 0.15) is 15.9 Å². The van der Waals surface area contributed by atoms with Gasteiger partial charge in [-0.25, -0.2) is 0 Å². The molecule has 0 unspecified atom stereocenters. The van der Waals surface area contributed by atoms with E-state index in [0.717, 1.165) is 3.57 Å². The van der Waals surface area contributed by atoms with Gasteiger partial charge in [0.2, 0.25) is 0 Å². The van der Waals surface area contributed by atoms with E-state index in [1.54, 1.807) is 12.1 Å². The number of ketones is 1.